The Morgan fingerprint density at radius 2 is 2.21 bits per heavy atom. The molecule has 4 nitrogen and oxygen atoms in total. The first kappa shape index (κ1) is 18.9. The van der Waals surface area contributed by atoms with E-state index in [9.17, 15) is 4.79 Å². The van der Waals surface area contributed by atoms with E-state index >= 15 is 0 Å². The maximum atomic E-state index is 12.2. The molecule has 1 aliphatic heterocycles. The molecule has 0 spiro atoms. The molecule has 1 amide bonds. The Hall–Kier alpha value is -1.39. The van der Waals surface area contributed by atoms with Gasteiger partial charge in [0.2, 0.25) is 5.91 Å². The van der Waals surface area contributed by atoms with Crippen molar-refractivity contribution < 1.29 is 4.79 Å². The van der Waals surface area contributed by atoms with Crippen molar-refractivity contribution in [2.45, 2.75) is 46.2 Å². The Labute approximate surface area is 147 Å². The van der Waals surface area contributed by atoms with E-state index in [2.05, 4.69) is 60.7 Å². The summed E-state index contributed by atoms with van der Waals surface area (Å²) < 4.78 is 0. The summed E-state index contributed by atoms with van der Waals surface area (Å²) in [6.45, 7) is 9.16. The highest BCUT2D eigenvalue weighted by Gasteiger charge is 2.21. The highest BCUT2D eigenvalue weighted by atomic mass is 16.1. The number of nitrogens with one attached hydrogen (secondary N) is 2. The first-order valence-corrected chi connectivity index (χ1v) is 9.32. The molecular weight excluding hydrogens is 298 g/mol. The number of carbonyl (C=O) groups is 1. The largest absolute Gasteiger partial charge is 0.352 e. The Balaban J connectivity index is 1.77. The fourth-order valence-corrected chi connectivity index (χ4v) is 3.36. The zero-order chi connectivity index (χ0) is 17.4. The number of carbonyl (C=O) groups excluding carboxylic acids is 1. The molecule has 1 heterocycles. The van der Waals surface area contributed by atoms with Crippen LogP contribution < -0.4 is 10.6 Å². The molecule has 2 N–H and O–H groups in total. The lowest BCUT2D eigenvalue weighted by Gasteiger charge is -2.28. The topological polar surface area (TPSA) is 44.4 Å². The molecule has 134 valence electrons. The highest BCUT2D eigenvalue weighted by molar-refractivity contribution is 5.76. The van der Waals surface area contributed by atoms with Crippen LogP contribution in [0, 0.1) is 11.8 Å². The molecular formula is C20H33N3O. The maximum absolute atomic E-state index is 12.2. The van der Waals surface area contributed by atoms with E-state index in [0.717, 1.165) is 26.2 Å². The van der Waals surface area contributed by atoms with Crippen molar-refractivity contribution in [3.05, 3.63) is 35.4 Å². The second-order valence-corrected chi connectivity index (χ2v) is 7.21. The molecule has 1 aromatic carbocycles. The van der Waals surface area contributed by atoms with Crippen LogP contribution in [0.2, 0.25) is 0 Å². The Morgan fingerprint density at radius 3 is 2.92 bits per heavy atom. The highest BCUT2D eigenvalue weighted by Crippen LogP contribution is 2.22. The van der Waals surface area contributed by atoms with Gasteiger partial charge in [-0.3, -0.25) is 4.79 Å². The van der Waals surface area contributed by atoms with Crippen LogP contribution in [0.5, 0.6) is 0 Å². The summed E-state index contributed by atoms with van der Waals surface area (Å²) in [5, 5.41) is 6.53. The molecule has 4 heteroatoms. The summed E-state index contributed by atoms with van der Waals surface area (Å²) >= 11 is 0. The summed E-state index contributed by atoms with van der Waals surface area (Å²) in [5.41, 5.74) is 2.48. The molecule has 2 unspecified atom stereocenters. The van der Waals surface area contributed by atoms with Crippen LogP contribution in [-0.4, -0.2) is 37.5 Å². The number of hydrogen-bond donors (Lipinski definition) is 2. The molecule has 2 rings (SSSR count). The molecule has 1 saturated heterocycles. The van der Waals surface area contributed by atoms with Crippen LogP contribution in [0.4, 0.5) is 0 Å². The smallest absolute Gasteiger partial charge is 0.220 e. The molecule has 0 aromatic heterocycles. The van der Waals surface area contributed by atoms with Crippen molar-refractivity contribution in [3.63, 3.8) is 0 Å². The average Bonchev–Trinajstić information content (AvgIpc) is 2.61. The first-order valence-electron chi connectivity index (χ1n) is 9.32. The first-order chi connectivity index (χ1) is 11.6. The molecule has 1 aromatic rings. The number of rotatable bonds is 8. The molecule has 0 radical (unpaired) electrons. The fraction of sp³-hybridized carbons (Fsp3) is 0.650. The van der Waals surface area contributed by atoms with Crippen molar-refractivity contribution in [2.24, 2.45) is 11.8 Å². The summed E-state index contributed by atoms with van der Waals surface area (Å²) in [6.07, 6.45) is 3.11. The van der Waals surface area contributed by atoms with Gasteiger partial charge in [-0.15, -0.1) is 0 Å². The van der Waals surface area contributed by atoms with Gasteiger partial charge < -0.3 is 15.5 Å². The third-order valence-electron chi connectivity index (χ3n) is 5.12. The van der Waals surface area contributed by atoms with E-state index in [4.69, 9.17) is 0 Å². The Kier molecular flexibility index (Phi) is 7.73. The van der Waals surface area contributed by atoms with Gasteiger partial charge in [0.05, 0.1) is 0 Å². The van der Waals surface area contributed by atoms with E-state index < -0.39 is 0 Å². The number of nitrogens with zero attached hydrogens (tertiary/aromatic N) is 1. The molecule has 0 bridgehead atoms. The predicted molar refractivity (Wildman–Crippen MR) is 99.7 cm³/mol. The minimum Gasteiger partial charge on any atom is -0.352 e. The zero-order valence-electron chi connectivity index (χ0n) is 15.5. The van der Waals surface area contributed by atoms with Gasteiger partial charge in [0.25, 0.3) is 0 Å². The van der Waals surface area contributed by atoms with Crippen molar-refractivity contribution >= 4 is 5.91 Å². The van der Waals surface area contributed by atoms with Crippen LogP contribution in [0.1, 0.15) is 44.2 Å². The fourth-order valence-electron chi connectivity index (χ4n) is 3.36. The minimum absolute atomic E-state index is 0.171. The quantitative estimate of drug-likeness (QED) is 0.770. The summed E-state index contributed by atoms with van der Waals surface area (Å²) in [7, 11) is 2.12. The van der Waals surface area contributed by atoms with Crippen molar-refractivity contribution in [1.29, 1.82) is 0 Å². The lowest BCUT2D eigenvalue weighted by molar-refractivity contribution is -0.122. The molecule has 1 aliphatic rings. The van der Waals surface area contributed by atoms with Crippen LogP contribution in [0.25, 0.3) is 0 Å². The molecule has 2 atom stereocenters. The second-order valence-electron chi connectivity index (χ2n) is 7.21. The van der Waals surface area contributed by atoms with Gasteiger partial charge in [-0.1, -0.05) is 38.1 Å². The van der Waals surface area contributed by atoms with Crippen LogP contribution in [-0.2, 0) is 17.9 Å². The molecule has 24 heavy (non-hydrogen) atoms. The SMILES string of the molecule is CCN(C)Cc1cccc(CNC(=O)CC(C)C2CCCNC2)c1. The summed E-state index contributed by atoms with van der Waals surface area (Å²) in [6, 6.07) is 8.51. The average molecular weight is 332 g/mol. The predicted octanol–water partition coefficient (Wildman–Crippen LogP) is 2.78. The molecule has 0 saturated carbocycles. The van der Waals surface area contributed by atoms with E-state index in [-0.39, 0.29) is 5.91 Å². The van der Waals surface area contributed by atoms with E-state index in [1.807, 2.05) is 0 Å². The minimum atomic E-state index is 0.171. The van der Waals surface area contributed by atoms with Crippen LogP contribution in [0.15, 0.2) is 24.3 Å². The van der Waals surface area contributed by atoms with E-state index in [1.165, 1.54) is 24.0 Å². The number of benzene rings is 1. The number of hydrogen-bond acceptors (Lipinski definition) is 3. The maximum Gasteiger partial charge on any atom is 0.220 e. The van der Waals surface area contributed by atoms with Gasteiger partial charge in [0.1, 0.15) is 0 Å². The third kappa shape index (κ3) is 6.25. The number of amides is 1. The molecule has 1 fully saturated rings. The monoisotopic (exact) mass is 331 g/mol. The van der Waals surface area contributed by atoms with E-state index in [1.54, 1.807) is 0 Å². The van der Waals surface area contributed by atoms with Gasteiger partial charge in [0, 0.05) is 19.5 Å². The normalized spacial score (nSPS) is 19.2. The van der Waals surface area contributed by atoms with Crippen molar-refractivity contribution in [3.8, 4) is 0 Å². The van der Waals surface area contributed by atoms with Gasteiger partial charge in [-0.25, -0.2) is 0 Å². The third-order valence-corrected chi connectivity index (χ3v) is 5.12. The number of piperidine rings is 1. The standard InChI is InChI=1S/C20H33N3O/c1-4-23(3)15-18-8-5-7-17(12-18)13-22-20(24)11-16(2)19-9-6-10-21-14-19/h5,7-8,12,16,19,21H,4,6,9-11,13-15H2,1-3H3,(H,22,24). The zero-order valence-corrected chi connectivity index (χ0v) is 15.5. The second kappa shape index (κ2) is 9.80. The lowest BCUT2D eigenvalue weighted by Crippen LogP contribution is -2.35. The van der Waals surface area contributed by atoms with Crippen LogP contribution in [0.3, 0.4) is 0 Å². The van der Waals surface area contributed by atoms with Gasteiger partial charge in [-0.2, -0.15) is 0 Å². The Bertz CT molecular complexity index is 511. The van der Waals surface area contributed by atoms with Gasteiger partial charge >= 0.3 is 0 Å². The Morgan fingerprint density at radius 1 is 1.42 bits per heavy atom. The lowest BCUT2D eigenvalue weighted by atomic mass is 9.85. The van der Waals surface area contributed by atoms with Crippen molar-refractivity contribution in [2.75, 3.05) is 26.7 Å². The van der Waals surface area contributed by atoms with Crippen LogP contribution >= 0.6 is 0 Å². The molecule has 0 aliphatic carbocycles. The van der Waals surface area contributed by atoms with Gasteiger partial charge in [0.15, 0.2) is 0 Å². The summed E-state index contributed by atoms with van der Waals surface area (Å²) in [5.74, 6) is 1.25. The van der Waals surface area contributed by atoms with Gasteiger partial charge in [-0.05, 0) is 62.5 Å². The summed E-state index contributed by atoms with van der Waals surface area (Å²) in [4.78, 5) is 14.5. The van der Waals surface area contributed by atoms with E-state index in [0.29, 0.717) is 24.8 Å². The van der Waals surface area contributed by atoms with Crippen molar-refractivity contribution in [1.82, 2.24) is 15.5 Å².